The molecule has 6 N–H and O–H groups in total. The molecule has 3 aliphatic heterocycles. The first kappa shape index (κ1) is 29.8. The first-order chi connectivity index (χ1) is 21.1. The molecule has 3 aliphatic rings. The molecule has 3 saturated heterocycles. The van der Waals surface area contributed by atoms with Gasteiger partial charge in [0.15, 0.2) is 39.1 Å². The van der Waals surface area contributed by atoms with Gasteiger partial charge in [0.25, 0.3) is 5.91 Å². The van der Waals surface area contributed by atoms with Gasteiger partial charge in [0.2, 0.25) is 0 Å². The minimum atomic E-state index is -4.14. The van der Waals surface area contributed by atoms with Crippen molar-refractivity contribution >= 4 is 61.5 Å². The number of alkyl halides is 1. The molecular formula is C22H24FN9O9P2S. The van der Waals surface area contributed by atoms with Crippen LogP contribution in [-0.2, 0) is 39.4 Å². The highest BCUT2D eigenvalue weighted by molar-refractivity contribution is 8.07. The second-order valence-electron chi connectivity index (χ2n) is 10.0. The van der Waals surface area contributed by atoms with Gasteiger partial charge < -0.3 is 44.5 Å². The topological polar surface area (TPSA) is 239 Å². The molecule has 10 atom stereocenters. The van der Waals surface area contributed by atoms with Crippen LogP contribution in [0.5, 0.6) is 0 Å². The van der Waals surface area contributed by atoms with Crippen LogP contribution in [0.15, 0.2) is 30.9 Å². The second-order valence-corrected chi connectivity index (χ2v) is 13.5. The number of aliphatic hydroxyl groups is 1. The first-order valence-electron chi connectivity index (χ1n) is 13.0. The van der Waals surface area contributed by atoms with Crippen molar-refractivity contribution in [1.29, 1.82) is 0 Å². The molecule has 0 spiro atoms. The average Bonchev–Trinajstić information content (AvgIpc) is 3.75. The summed E-state index contributed by atoms with van der Waals surface area (Å²) in [4.78, 5) is 35.0. The zero-order valence-electron chi connectivity index (χ0n) is 22.2. The van der Waals surface area contributed by atoms with Crippen LogP contribution < -0.4 is 11.5 Å². The number of rotatable bonds is 3. The number of anilines is 1. The fraction of sp³-hybridized carbons (Fsp3) is 0.455. The molecule has 6 heterocycles. The predicted octanol–water partition coefficient (Wildman–Crippen LogP) is -0.0114. The molecule has 0 aliphatic carbocycles. The number of ether oxygens (including phenoxy) is 2. The molecule has 3 aromatic heterocycles. The number of amides is 1. The van der Waals surface area contributed by atoms with Crippen molar-refractivity contribution in [3.8, 4) is 0 Å². The molecule has 2 bridgehead atoms. The van der Waals surface area contributed by atoms with E-state index in [0.717, 1.165) is 0 Å². The lowest BCUT2D eigenvalue weighted by Crippen LogP contribution is -2.35. The molecule has 4 aromatic rings. The van der Waals surface area contributed by atoms with E-state index in [1.807, 2.05) is 0 Å². The van der Waals surface area contributed by atoms with Crippen LogP contribution in [0.3, 0.4) is 0 Å². The number of halogens is 1. The van der Waals surface area contributed by atoms with Crippen LogP contribution in [0, 0.1) is 0 Å². The van der Waals surface area contributed by atoms with Crippen LogP contribution in [0.2, 0.25) is 0 Å². The van der Waals surface area contributed by atoms with E-state index in [1.54, 1.807) is 12.1 Å². The summed E-state index contributed by atoms with van der Waals surface area (Å²) in [5.41, 5.74) is 12.6. The third-order valence-electron chi connectivity index (χ3n) is 7.40. The van der Waals surface area contributed by atoms with E-state index in [0.29, 0.717) is 5.52 Å². The van der Waals surface area contributed by atoms with E-state index in [1.165, 1.54) is 28.0 Å². The molecule has 0 radical (unpaired) electrons. The number of nitrogens with two attached hydrogens (primary N) is 2. The molecule has 7 rings (SSSR count). The SMILES string of the molecule is NC(=O)c1cccc2c1nnn2[C@@H]1O[C@@H]2COP(O)(=S)O[C@H]3[C@@H](F)[C@H](n4cnc5c(N)ncnc54)O[C@@H]3COPO[C@@H]1[C@@H]2O. The normalized spacial score (nSPS) is 35.3. The average molecular weight is 672 g/mol. The Morgan fingerprint density at radius 2 is 1.95 bits per heavy atom. The maximum atomic E-state index is 15.9. The number of hydrogen-bond donors (Lipinski definition) is 4. The zero-order chi connectivity index (χ0) is 30.7. The molecular weight excluding hydrogens is 647 g/mol. The van der Waals surface area contributed by atoms with E-state index in [-0.39, 0.29) is 34.7 Å². The summed E-state index contributed by atoms with van der Waals surface area (Å²) in [6.45, 7) is -4.85. The van der Waals surface area contributed by atoms with Gasteiger partial charge in [0.05, 0.1) is 30.6 Å². The lowest BCUT2D eigenvalue weighted by atomic mass is 10.1. The summed E-state index contributed by atoms with van der Waals surface area (Å²) >= 11 is 5.20. The van der Waals surface area contributed by atoms with E-state index < -0.39 is 77.4 Å². The smallest absolute Gasteiger partial charge is 0.325 e. The molecule has 3 fully saturated rings. The zero-order valence-corrected chi connectivity index (χ0v) is 24.9. The van der Waals surface area contributed by atoms with Crippen LogP contribution in [-0.4, -0.2) is 100 Å². The lowest BCUT2D eigenvalue weighted by Gasteiger charge is -2.25. The number of fused-ring (bicyclic) bond motifs is 5. The maximum absolute atomic E-state index is 15.9. The summed E-state index contributed by atoms with van der Waals surface area (Å²) in [5, 5.41) is 19.3. The van der Waals surface area contributed by atoms with Crippen molar-refractivity contribution in [1.82, 2.24) is 34.5 Å². The van der Waals surface area contributed by atoms with Crippen molar-refractivity contribution in [2.75, 3.05) is 18.9 Å². The number of nitrogen functional groups attached to an aromatic ring is 1. The fourth-order valence-corrected chi connectivity index (χ4v) is 7.42. The highest BCUT2D eigenvalue weighted by Gasteiger charge is 2.52. The van der Waals surface area contributed by atoms with Gasteiger partial charge in [-0.25, -0.2) is 24.0 Å². The largest absolute Gasteiger partial charge is 0.387 e. The van der Waals surface area contributed by atoms with Gasteiger partial charge in [0.1, 0.15) is 47.9 Å². The highest BCUT2D eigenvalue weighted by atomic mass is 32.5. The molecule has 2 unspecified atom stereocenters. The van der Waals surface area contributed by atoms with Crippen LogP contribution in [0.4, 0.5) is 10.2 Å². The first-order valence-corrected chi connectivity index (χ1v) is 16.4. The van der Waals surface area contributed by atoms with Crippen LogP contribution >= 0.6 is 15.8 Å². The lowest BCUT2D eigenvalue weighted by molar-refractivity contribution is -0.0600. The Hall–Kier alpha value is -2.87. The van der Waals surface area contributed by atoms with Crippen molar-refractivity contribution in [2.24, 2.45) is 5.73 Å². The number of benzene rings is 1. The Morgan fingerprint density at radius 3 is 2.77 bits per heavy atom. The van der Waals surface area contributed by atoms with E-state index in [2.05, 4.69) is 25.3 Å². The Morgan fingerprint density at radius 1 is 1.14 bits per heavy atom. The minimum absolute atomic E-state index is 0.103. The standard InChI is InChI=1S/C22H24FN9O9P2S/c23-12-16-11(39-21(12)31-7-28-14-18(24)26-6-27-20(14)31)4-36-42-40-17-15(33)10(5-37-43(35,44)41-16)38-22(17)32-9-3-1-2-8(19(25)34)13(9)29-30-32/h1-3,6-7,10-12,15-17,21-22,33,42H,4-5H2,(H2,25,34)(H,35,44)(H2,24,26,27)/t10-,11-,12-,15-,16-,17-,21-,22-,43?/m1/s1. The molecule has 234 valence electrons. The van der Waals surface area contributed by atoms with Gasteiger partial charge in [0, 0.05) is 0 Å². The summed E-state index contributed by atoms with van der Waals surface area (Å²) in [6.07, 6.45) is -7.72. The monoisotopic (exact) mass is 671 g/mol. The second kappa shape index (κ2) is 11.5. The molecule has 44 heavy (non-hydrogen) atoms. The van der Waals surface area contributed by atoms with Crippen LogP contribution in [0.25, 0.3) is 22.2 Å². The Bertz CT molecular complexity index is 1780. The van der Waals surface area contributed by atoms with Crippen LogP contribution in [0.1, 0.15) is 22.8 Å². The number of carbonyl (C=O) groups excluding carboxylic acids is 1. The summed E-state index contributed by atoms with van der Waals surface area (Å²) in [5.74, 6) is -0.595. The van der Waals surface area contributed by atoms with E-state index in [4.69, 9.17) is 50.8 Å². The fourth-order valence-electron chi connectivity index (χ4n) is 5.32. The van der Waals surface area contributed by atoms with Crippen molar-refractivity contribution in [3.63, 3.8) is 0 Å². The van der Waals surface area contributed by atoms with Crippen molar-refractivity contribution < 1.29 is 46.8 Å². The van der Waals surface area contributed by atoms with E-state index >= 15 is 4.39 Å². The predicted molar refractivity (Wildman–Crippen MR) is 151 cm³/mol. The van der Waals surface area contributed by atoms with Gasteiger partial charge in [-0.3, -0.25) is 13.9 Å². The third-order valence-corrected chi connectivity index (χ3v) is 9.61. The molecule has 1 aromatic carbocycles. The molecule has 0 saturated carbocycles. The summed E-state index contributed by atoms with van der Waals surface area (Å²) in [6, 6.07) is 4.74. The Balaban J connectivity index is 1.15. The Kier molecular flexibility index (Phi) is 7.79. The van der Waals surface area contributed by atoms with Gasteiger partial charge in [-0.05, 0) is 23.9 Å². The number of nitrogens with zero attached hydrogens (tertiary/aromatic N) is 7. The van der Waals surface area contributed by atoms with Gasteiger partial charge >= 0.3 is 6.72 Å². The number of aromatic nitrogens is 7. The summed E-state index contributed by atoms with van der Waals surface area (Å²) < 4.78 is 53.3. The van der Waals surface area contributed by atoms with Gasteiger partial charge in [-0.15, -0.1) is 5.10 Å². The van der Waals surface area contributed by atoms with Gasteiger partial charge in [-0.2, -0.15) is 0 Å². The molecule has 18 nitrogen and oxygen atoms in total. The number of hydrogen-bond acceptors (Lipinski definition) is 15. The third kappa shape index (κ3) is 5.15. The number of primary amides is 1. The van der Waals surface area contributed by atoms with Crippen molar-refractivity contribution in [2.45, 2.75) is 49.1 Å². The number of aliphatic hydroxyl groups excluding tert-OH is 1. The molecule has 1 amide bonds. The quantitative estimate of drug-likeness (QED) is 0.209. The van der Waals surface area contributed by atoms with Crippen molar-refractivity contribution in [3.05, 3.63) is 36.4 Å². The maximum Gasteiger partial charge on any atom is 0.325 e. The number of imidazole rings is 1. The van der Waals surface area contributed by atoms with Gasteiger partial charge in [-0.1, -0.05) is 11.3 Å². The summed E-state index contributed by atoms with van der Waals surface area (Å²) in [7, 11) is -0.692. The van der Waals surface area contributed by atoms with E-state index in [9.17, 15) is 14.8 Å². The minimum Gasteiger partial charge on any atom is -0.387 e. The Labute approximate surface area is 252 Å². The number of carbonyl (C=O) groups is 1. The highest BCUT2D eigenvalue weighted by Crippen LogP contribution is 2.51. The molecule has 22 heteroatoms.